The molecule has 6 atom stereocenters. The van der Waals surface area contributed by atoms with Gasteiger partial charge in [-0.3, -0.25) is 9.59 Å². The average Bonchev–Trinajstić information content (AvgIpc) is 3.18. The molecule has 0 aromatic rings. The zero-order chi connectivity index (χ0) is 40.2. The molecule has 0 aliphatic carbocycles. The highest BCUT2D eigenvalue weighted by Gasteiger charge is 2.44. The van der Waals surface area contributed by atoms with Crippen molar-refractivity contribution >= 4 is 11.9 Å². The number of rotatable bonds is 37. The van der Waals surface area contributed by atoms with Gasteiger partial charge in [0.2, 0.25) is 0 Å². The number of carbonyl (C=O) groups excluding carboxylic acids is 2. The van der Waals surface area contributed by atoms with Crippen LogP contribution >= 0.6 is 0 Å². The maximum Gasteiger partial charge on any atom is 0.306 e. The number of hydrogen-bond acceptors (Lipinski definition) is 10. The summed E-state index contributed by atoms with van der Waals surface area (Å²) in [5.41, 5.74) is 0. The number of ether oxygens (including phenoxy) is 4. The molecule has 1 heterocycles. The second-order valence-electron chi connectivity index (χ2n) is 15.5. The lowest BCUT2D eigenvalue weighted by molar-refractivity contribution is -0.305. The van der Waals surface area contributed by atoms with Crippen molar-refractivity contribution in [2.45, 2.75) is 230 Å². The number of esters is 2. The van der Waals surface area contributed by atoms with Gasteiger partial charge in [0, 0.05) is 12.8 Å². The molecule has 1 fully saturated rings. The lowest BCUT2D eigenvalue weighted by atomic mass is 9.99. The van der Waals surface area contributed by atoms with Gasteiger partial charge in [0.1, 0.15) is 31.0 Å². The number of hydrogen-bond donors (Lipinski definition) is 4. The zero-order valence-corrected chi connectivity index (χ0v) is 34.9. The van der Waals surface area contributed by atoms with E-state index < -0.39 is 55.4 Å². The fourth-order valence-electron chi connectivity index (χ4n) is 6.69. The summed E-state index contributed by atoms with van der Waals surface area (Å²) in [6.45, 7) is 3.38. The first kappa shape index (κ1) is 51.2. The minimum absolute atomic E-state index is 0.225. The SMILES string of the molecule is CCCC/C=C/CCCCCCCCCCCC(=O)O[C@@H](COC(=O)CCCC/C=C/CCCCCCCCCCC)CO[C@H]1O[C@@H](CO)[C@@H](O)C(O)C1O. The van der Waals surface area contributed by atoms with Crippen molar-refractivity contribution in [3.05, 3.63) is 24.3 Å². The minimum atomic E-state index is -1.60. The molecule has 0 bridgehead atoms. The molecule has 322 valence electrons. The topological polar surface area (TPSA) is 152 Å². The molecule has 0 saturated carbocycles. The van der Waals surface area contributed by atoms with Crippen molar-refractivity contribution in [1.82, 2.24) is 0 Å². The van der Waals surface area contributed by atoms with Crippen LogP contribution in [-0.4, -0.2) is 89.0 Å². The van der Waals surface area contributed by atoms with Crippen LogP contribution in [0.2, 0.25) is 0 Å². The van der Waals surface area contributed by atoms with E-state index in [4.69, 9.17) is 18.9 Å². The molecule has 0 radical (unpaired) electrons. The van der Waals surface area contributed by atoms with Crippen LogP contribution in [0.1, 0.15) is 194 Å². The van der Waals surface area contributed by atoms with Crippen LogP contribution < -0.4 is 0 Å². The summed E-state index contributed by atoms with van der Waals surface area (Å²) in [6.07, 6.45) is 31.8. The van der Waals surface area contributed by atoms with Gasteiger partial charge in [-0.15, -0.1) is 0 Å². The molecule has 10 heteroatoms. The molecule has 1 saturated heterocycles. The van der Waals surface area contributed by atoms with Crippen LogP contribution in [-0.2, 0) is 28.5 Å². The van der Waals surface area contributed by atoms with Gasteiger partial charge in [0.05, 0.1) is 13.2 Å². The second-order valence-corrected chi connectivity index (χ2v) is 15.5. The van der Waals surface area contributed by atoms with Gasteiger partial charge in [0.15, 0.2) is 12.4 Å². The van der Waals surface area contributed by atoms with Gasteiger partial charge in [-0.25, -0.2) is 0 Å². The largest absolute Gasteiger partial charge is 0.462 e. The lowest BCUT2D eigenvalue weighted by Crippen LogP contribution is -2.59. The molecule has 1 aliphatic rings. The van der Waals surface area contributed by atoms with Crippen molar-refractivity contribution in [3.8, 4) is 0 Å². The molecule has 4 N–H and O–H groups in total. The Morgan fingerprint density at radius 2 is 0.982 bits per heavy atom. The predicted molar refractivity (Wildman–Crippen MR) is 219 cm³/mol. The van der Waals surface area contributed by atoms with Gasteiger partial charge in [0.25, 0.3) is 0 Å². The van der Waals surface area contributed by atoms with Gasteiger partial charge in [-0.05, 0) is 57.8 Å². The van der Waals surface area contributed by atoms with Crippen molar-refractivity contribution in [1.29, 1.82) is 0 Å². The van der Waals surface area contributed by atoms with E-state index >= 15 is 0 Å². The van der Waals surface area contributed by atoms with Crippen molar-refractivity contribution in [3.63, 3.8) is 0 Å². The van der Waals surface area contributed by atoms with Crippen molar-refractivity contribution < 1.29 is 49.0 Å². The maximum absolute atomic E-state index is 12.8. The van der Waals surface area contributed by atoms with E-state index in [0.717, 1.165) is 38.5 Å². The van der Waals surface area contributed by atoms with Crippen LogP contribution in [0.25, 0.3) is 0 Å². The van der Waals surface area contributed by atoms with Crippen molar-refractivity contribution in [2.24, 2.45) is 0 Å². The van der Waals surface area contributed by atoms with E-state index in [1.54, 1.807) is 0 Å². The molecule has 0 spiro atoms. The first-order valence-corrected chi connectivity index (χ1v) is 22.4. The summed E-state index contributed by atoms with van der Waals surface area (Å²) in [4.78, 5) is 25.3. The highest BCUT2D eigenvalue weighted by molar-refractivity contribution is 5.70. The molecular formula is C45H82O10. The summed E-state index contributed by atoms with van der Waals surface area (Å²) >= 11 is 0. The van der Waals surface area contributed by atoms with Crippen LogP contribution in [0.4, 0.5) is 0 Å². The Bertz CT molecular complexity index is 954. The molecular weight excluding hydrogens is 700 g/mol. The summed E-state index contributed by atoms with van der Waals surface area (Å²) in [6, 6.07) is 0. The number of aliphatic hydroxyl groups is 4. The number of aliphatic hydroxyl groups excluding tert-OH is 4. The Morgan fingerprint density at radius 3 is 1.51 bits per heavy atom. The zero-order valence-electron chi connectivity index (χ0n) is 34.9. The Balaban J connectivity index is 2.34. The second kappa shape index (κ2) is 36.5. The Kier molecular flexibility index (Phi) is 34.0. The average molecular weight is 783 g/mol. The third kappa shape index (κ3) is 28.3. The smallest absolute Gasteiger partial charge is 0.306 e. The Morgan fingerprint density at radius 1 is 0.545 bits per heavy atom. The minimum Gasteiger partial charge on any atom is -0.462 e. The van der Waals surface area contributed by atoms with Crippen LogP contribution in [0.5, 0.6) is 0 Å². The van der Waals surface area contributed by atoms with E-state index in [0.29, 0.717) is 12.8 Å². The number of allylic oxidation sites excluding steroid dienone is 4. The normalized spacial score (nSPS) is 20.7. The maximum atomic E-state index is 12.8. The van der Waals surface area contributed by atoms with E-state index in [-0.39, 0.29) is 26.1 Å². The van der Waals surface area contributed by atoms with Crippen LogP contribution in [0, 0.1) is 0 Å². The van der Waals surface area contributed by atoms with Gasteiger partial charge < -0.3 is 39.4 Å². The third-order valence-electron chi connectivity index (χ3n) is 10.3. The highest BCUT2D eigenvalue weighted by Crippen LogP contribution is 2.22. The van der Waals surface area contributed by atoms with E-state index in [2.05, 4.69) is 38.2 Å². The summed E-state index contributed by atoms with van der Waals surface area (Å²) in [7, 11) is 0. The Hall–Kier alpha value is -1.82. The fourth-order valence-corrected chi connectivity index (χ4v) is 6.69. The first-order valence-electron chi connectivity index (χ1n) is 22.4. The highest BCUT2D eigenvalue weighted by atomic mass is 16.7. The molecule has 1 aliphatic heterocycles. The van der Waals surface area contributed by atoms with Gasteiger partial charge in [-0.1, -0.05) is 147 Å². The Labute approximate surface area is 334 Å². The molecule has 0 amide bonds. The molecule has 55 heavy (non-hydrogen) atoms. The predicted octanol–water partition coefficient (Wildman–Crippen LogP) is 9.33. The summed E-state index contributed by atoms with van der Waals surface area (Å²) < 4.78 is 22.1. The fraction of sp³-hybridized carbons (Fsp3) is 0.867. The van der Waals surface area contributed by atoms with E-state index in [9.17, 15) is 30.0 Å². The monoisotopic (exact) mass is 783 g/mol. The summed E-state index contributed by atoms with van der Waals surface area (Å²) in [5, 5.41) is 40.0. The molecule has 0 aromatic heterocycles. The van der Waals surface area contributed by atoms with E-state index in [1.807, 2.05) is 0 Å². The number of unbranched alkanes of at least 4 members (excludes halogenated alkanes) is 22. The molecule has 2 unspecified atom stereocenters. The standard InChI is InChI=1S/C45H82O10/c1-3-5-7-9-11-13-15-17-19-21-23-25-27-29-31-33-40(47)52-36-38(37-53-45-44(51)43(50)42(49)39(35-46)55-45)54-41(48)34-32-30-28-26-24-22-20-18-16-14-12-10-8-6-4-2/h10,12,23,25,38-39,42-46,49-51H,3-9,11,13-22,24,26-37H2,1-2H3/b12-10+,25-23+/t38-,39-,42+,43?,44?,45-/m0/s1. The summed E-state index contributed by atoms with van der Waals surface area (Å²) in [5.74, 6) is -0.830. The molecule has 1 rings (SSSR count). The molecule has 10 nitrogen and oxygen atoms in total. The third-order valence-corrected chi connectivity index (χ3v) is 10.3. The lowest BCUT2D eigenvalue weighted by Gasteiger charge is -2.39. The van der Waals surface area contributed by atoms with Crippen LogP contribution in [0.15, 0.2) is 24.3 Å². The van der Waals surface area contributed by atoms with Gasteiger partial charge >= 0.3 is 11.9 Å². The van der Waals surface area contributed by atoms with Crippen molar-refractivity contribution in [2.75, 3.05) is 19.8 Å². The van der Waals surface area contributed by atoms with Gasteiger partial charge in [-0.2, -0.15) is 0 Å². The quantitative estimate of drug-likeness (QED) is 0.0273. The number of carbonyl (C=O) groups is 2. The van der Waals surface area contributed by atoms with E-state index in [1.165, 1.54) is 116 Å². The molecule has 0 aromatic carbocycles. The van der Waals surface area contributed by atoms with Crippen LogP contribution in [0.3, 0.4) is 0 Å². The first-order chi connectivity index (χ1) is 26.8.